The second kappa shape index (κ2) is 9.25. The first-order chi connectivity index (χ1) is 22.8. The van der Waals surface area contributed by atoms with Crippen LogP contribution in [0.15, 0.2) is 140 Å². The lowest BCUT2D eigenvalue weighted by Gasteiger charge is -2.10. The number of hydrogen-bond acceptors (Lipinski definition) is 3. The Kier molecular flexibility index (Phi) is 5.00. The standard InChI is InChI=1S/C41H23N5/c42-24-34-30-13-5-7-15-33(30)43-41(44-34)46-36-22-19-27(23-32(36)40-29-12-4-2-10-26(29)18-21-38(40)46)45-35-16-8-6-14-31(35)39-28-11-3-1-9-25(28)17-20-37(39)45/h1-23H. The highest BCUT2D eigenvalue weighted by atomic mass is 15.2. The van der Waals surface area contributed by atoms with Crippen molar-refractivity contribution in [2.45, 2.75) is 0 Å². The van der Waals surface area contributed by atoms with Crippen LogP contribution < -0.4 is 0 Å². The van der Waals surface area contributed by atoms with Crippen LogP contribution in [-0.2, 0) is 0 Å². The van der Waals surface area contributed by atoms with Crippen LogP contribution in [0.5, 0.6) is 0 Å². The van der Waals surface area contributed by atoms with Crippen LogP contribution in [0, 0.1) is 11.3 Å². The fraction of sp³-hybridized carbons (Fsp3) is 0. The molecule has 0 aliphatic heterocycles. The van der Waals surface area contributed by atoms with E-state index in [2.05, 4.69) is 130 Å². The van der Waals surface area contributed by atoms with E-state index in [0.29, 0.717) is 11.6 Å². The minimum absolute atomic E-state index is 0.366. The Balaban J connectivity index is 1.34. The van der Waals surface area contributed by atoms with E-state index in [9.17, 15) is 5.26 Å². The number of fused-ring (bicyclic) bond motifs is 11. The average Bonchev–Trinajstić information content (AvgIpc) is 3.64. The van der Waals surface area contributed by atoms with Gasteiger partial charge < -0.3 is 4.57 Å². The van der Waals surface area contributed by atoms with Gasteiger partial charge in [0, 0.05) is 32.6 Å². The lowest BCUT2D eigenvalue weighted by molar-refractivity contribution is 1.00. The summed E-state index contributed by atoms with van der Waals surface area (Å²) in [7, 11) is 0. The van der Waals surface area contributed by atoms with E-state index >= 15 is 0 Å². The van der Waals surface area contributed by atoms with E-state index in [0.717, 1.165) is 43.8 Å². The van der Waals surface area contributed by atoms with Gasteiger partial charge in [0.1, 0.15) is 6.07 Å². The quantitative estimate of drug-likeness (QED) is 0.203. The smallest absolute Gasteiger partial charge is 0.236 e. The number of nitrogens with zero attached hydrogens (tertiary/aromatic N) is 5. The summed E-state index contributed by atoms with van der Waals surface area (Å²) in [5.74, 6) is 0.488. The molecule has 0 spiro atoms. The van der Waals surface area contributed by atoms with Crippen LogP contribution >= 0.6 is 0 Å². The van der Waals surface area contributed by atoms with Crippen molar-refractivity contribution in [1.29, 1.82) is 5.26 Å². The van der Waals surface area contributed by atoms with E-state index in [-0.39, 0.29) is 0 Å². The first kappa shape index (κ1) is 24.9. The van der Waals surface area contributed by atoms with Crippen molar-refractivity contribution in [2.24, 2.45) is 0 Å². The van der Waals surface area contributed by atoms with E-state index in [4.69, 9.17) is 9.97 Å². The summed E-state index contributed by atoms with van der Waals surface area (Å²) < 4.78 is 4.48. The lowest BCUT2D eigenvalue weighted by atomic mass is 10.0. The van der Waals surface area contributed by atoms with Gasteiger partial charge in [0.15, 0.2) is 5.69 Å². The molecule has 0 atom stereocenters. The zero-order chi connectivity index (χ0) is 30.4. The molecule has 0 aliphatic rings. The summed E-state index contributed by atoms with van der Waals surface area (Å²) in [5, 5.41) is 20.3. The summed E-state index contributed by atoms with van der Waals surface area (Å²) in [4.78, 5) is 9.80. The van der Waals surface area contributed by atoms with Crippen LogP contribution in [0.1, 0.15) is 5.69 Å². The van der Waals surface area contributed by atoms with Gasteiger partial charge in [-0.3, -0.25) is 4.57 Å². The van der Waals surface area contributed by atoms with Crippen molar-refractivity contribution in [3.8, 4) is 17.7 Å². The average molecular weight is 586 g/mol. The highest BCUT2D eigenvalue weighted by molar-refractivity contribution is 6.23. The number of rotatable bonds is 2. The van der Waals surface area contributed by atoms with Crippen molar-refractivity contribution in [2.75, 3.05) is 0 Å². The second-order valence-electron chi connectivity index (χ2n) is 11.8. The van der Waals surface area contributed by atoms with Crippen molar-refractivity contribution in [3.63, 3.8) is 0 Å². The molecule has 0 bridgehead atoms. The van der Waals surface area contributed by atoms with Gasteiger partial charge in [-0.05, 0) is 70.1 Å². The Hall–Kier alpha value is -6.51. The third-order valence-electron chi connectivity index (χ3n) is 9.36. The van der Waals surface area contributed by atoms with Crippen LogP contribution in [-0.4, -0.2) is 19.1 Å². The van der Waals surface area contributed by atoms with E-state index in [1.165, 1.54) is 38.0 Å². The van der Waals surface area contributed by atoms with Crippen LogP contribution in [0.25, 0.3) is 87.7 Å². The minimum atomic E-state index is 0.366. The Bertz CT molecular complexity index is 2940. The van der Waals surface area contributed by atoms with Crippen LogP contribution in [0.4, 0.5) is 0 Å². The molecule has 10 rings (SSSR count). The summed E-state index contributed by atoms with van der Waals surface area (Å²) in [6.07, 6.45) is 0. The largest absolute Gasteiger partial charge is 0.309 e. The third kappa shape index (κ3) is 3.33. The number of hydrogen-bond donors (Lipinski definition) is 0. The van der Waals surface area contributed by atoms with Gasteiger partial charge in [-0.25, -0.2) is 9.97 Å². The lowest BCUT2D eigenvalue weighted by Crippen LogP contribution is -2.03. The first-order valence-electron chi connectivity index (χ1n) is 15.3. The molecule has 46 heavy (non-hydrogen) atoms. The van der Waals surface area contributed by atoms with Gasteiger partial charge in [-0.15, -0.1) is 0 Å². The maximum Gasteiger partial charge on any atom is 0.236 e. The maximum absolute atomic E-state index is 10.1. The number of nitriles is 1. The summed E-state index contributed by atoms with van der Waals surface area (Å²) in [5.41, 5.74) is 6.51. The molecule has 3 aromatic heterocycles. The highest BCUT2D eigenvalue weighted by Crippen LogP contribution is 2.40. The molecule has 0 saturated carbocycles. The molecule has 0 N–H and O–H groups in total. The Morgan fingerprint density at radius 1 is 0.457 bits per heavy atom. The molecular weight excluding hydrogens is 562 g/mol. The van der Waals surface area contributed by atoms with Gasteiger partial charge >= 0.3 is 0 Å². The third-order valence-corrected chi connectivity index (χ3v) is 9.36. The molecule has 7 aromatic carbocycles. The van der Waals surface area contributed by atoms with Gasteiger partial charge in [0.2, 0.25) is 5.95 Å². The molecule has 0 saturated heterocycles. The van der Waals surface area contributed by atoms with E-state index < -0.39 is 0 Å². The summed E-state index contributed by atoms with van der Waals surface area (Å²) in [6.45, 7) is 0. The molecule has 0 aliphatic carbocycles. The predicted octanol–water partition coefficient (Wildman–Crippen LogP) is 10.0. The number of aromatic nitrogens is 4. The predicted molar refractivity (Wildman–Crippen MR) is 188 cm³/mol. The zero-order valence-electron chi connectivity index (χ0n) is 24.5. The normalized spacial score (nSPS) is 11.9. The van der Waals surface area contributed by atoms with Crippen molar-refractivity contribution in [1.82, 2.24) is 19.1 Å². The number of para-hydroxylation sites is 2. The molecular formula is C41H23N5. The Labute approximate surface area is 262 Å². The minimum Gasteiger partial charge on any atom is -0.309 e. The topological polar surface area (TPSA) is 59.4 Å². The molecule has 212 valence electrons. The van der Waals surface area contributed by atoms with Gasteiger partial charge in [-0.2, -0.15) is 5.26 Å². The van der Waals surface area contributed by atoms with Crippen molar-refractivity contribution < 1.29 is 0 Å². The second-order valence-corrected chi connectivity index (χ2v) is 11.8. The fourth-order valence-corrected chi connectivity index (χ4v) is 7.40. The monoisotopic (exact) mass is 585 g/mol. The van der Waals surface area contributed by atoms with Gasteiger partial charge in [0.05, 0.1) is 27.6 Å². The summed E-state index contributed by atoms with van der Waals surface area (Å²) in [6, 6.07) is 51.2. The first-order valence-corrected chi connectivity index (χ1v) is 15.3. The van der Waals surface area contributed by atoms with Crippen LogP contribution in [0.2, 0.25) is 0 Å². The Morgan fingerprint density at radius 3 is 1.76 bits per heavy atom. The Morgan fingerprint density at radius 2 is 1.02 bits per heavy atom. The van der Waals surface area contributed by atoms with Gasteiger partial charge in [-0.1, -0.05) is 91.0 Å². The molecule has 0 radical (unpaired) electrons. The molecule has 0 fully saturated rings. The van der Waals surface area contributed by atoms with Crippen molar-refractivity contribution >= 4 is 76.1 Å². The van der Waals surface area contributed by atoms with Crippen molar-refractivity contribution in [3.05, 3.63) is 145 Å². The fourth-order valence-electron chi connectivity index (χ4n) is 7.40. The summed E-state index contributed by atoms with van der Waals surface area (Å²) >= 11 is 0. The molecule has 5 nitrogen and oxygen atoms in total. The molecule has 0 amide bonds. The maximum atomic E-state index is 10.1. The zero-order valence-corrected chi connectivity index (χ0v) is 24.5. The highest BCUT2D eigenvalue weighted by Gasteiger charge is 2.20. The van der Waals surface area contributed by atoms with Gasteiger partial charge in [0.25, 0.3) is 0 Å². The SMILES string of the molecule is N#Cc1nc(-n2c3ccc(-n4c5ccccc5c5c6ccccc6ccc54)cc3c3c4ccccc4ccc32)nc2ccccc12. The molecule has 5 heteroatoms. The molecule has 10 aromatic rings. The molecule has 3 heterocycles. The van der Waals surface area contributed by atoms with E-state index in [1.807, 2.05) is 24.3 Å². The van der Waals surface area contributed by atoms with E-state index in [1.54, 1.807) is 0 Å². The van der Waals surface area contributed by atoms with Crippen LogP contribution in [0.3, 0.4) is 0 Å². The number of benzene rings is 7. The molecule has 0 unspecified atom stereocenters.